The Labute approximate surface area is 165 Å². The molecule has 0 aromatic heterocycles. The van der Waals surface area contributed by atoms with Gasteiger partial charge < -0.3 is 15.5 Å². The van der Waals surface area contributed by atoms with Crippen molar-refractivity contribution in [3.63, 3.8) is 0 Å². The van der Waals surface area contributed by atoms with Crippen LogP contribution in [0.15, 0.2) is 35.3 Å². The van der Waals surface area contributed by atoms with Crippen molar-refractivity contribution in [2.45, 2.75) is 32.0 Å². The van der Waals surface area contributed by atoms with Gasteiger partial charge in [0, 0.05) is 44.5 Å². The molecule has 5 nitrogen and oxygen atoms in total. The lowest BCUT2D eigenvalue weighted by atomic mass is 10.1. The van der Waals surface area contributed by atoms with E-state index in [-0.39, 0.29) is 5.92 Å². The molecule has 2 N–H and O–H groups in total. The number of anilines is 1. The number of hydrogen-bond acceptors (Lipinski definition) is 3. The fourth-order valence-electron chi connectivity index (χ4n) is 3.94. The van der Waals surface area contributed by atoms with E-state index in [0.29, 0.717) is 25.7 Å². The molecule has 156 valence electrons. The highest BCUT2D eigenvalue weighted by molar-refractivity contribution is 5.80. The van der Waals surface area contributed by atoms with Gasteiger partial charge in [0.25, 0.3) is 0 Å². The number of para-hydroxylation sites is 1. The van der Waals surface area contributed by atoms with Crippen LogP contribution in [0.25, 0.3) is 0 Å². The summed E-state index contributed by atoms with van der Waals surface area (Å²) in [7, 11) is 0. The predicted octanol–water partition coefficient (Wildman–Crippen LogP) is 2.70. The summed E-state index contributed by atoms with van der Waals surface area (Å²) >= 11 is 0. The number of guanidine groups is 1. The van der Waals surface area contributed by atoms with Gasteiger partial charge in [0.1, 0.15) is 0 Å². The summed E-state index contributed by atoms with van der Waals surface area (Å²) in [6.45, 7) is 5.38. The number of halogens is 3. The van der Waals surface area contributed by atoms with Gasteiger partial charge in [-0.2, -0.15) is 13.2 Å². The first-order valence-electron chi connectivity index (χ1n) is 10.1. The third-order valence-electron chi connectivity index (χ3n) is 5.28. The number of benzene rings is 1. The van der Waals surface area contributed by atoms with Gasteiger partial charge in [0.2, 0.25) is 0 Å². The molecule has 0 spiro atoms. The Hall–Kier alpha value is -1.96. The van der Waals surface area contributed by atoms with Gasteiger partial charge in [0.05, 0.1) is 6.54 Å². The number of hydrogen-bond donors (Lipinski definition) is 2. The second-order valence-corrected chi connectivity index (χ2v) is 7.64. The summed E-state index contributed by atoms with van der Waals surface area (Å²) in [6, 6.07) is 10.7. The van der Waals surface area contributed by atoms with Crippen LogP contribution in [-0.2, 0) is 0 Å². The third kappa shape index (κ3) is 6.29. The van der Waals surface area contributed by atoms with E-state index in [9.17, 15) is 13.2 Å². The topological polar surface area (TPSA) is 42.9 Å². The Morgan fingerprint density at radius 3 is 2.64 bits per heavy atom. The van der Waals surface area contributed by atoms with Gasteiger partial charge in [-0.3, -0.25) is 9.89 Å². The van der Waals surface area contributed by atoms with Gasteiger partial charge in [-0.05, 0) is 44.4 Å². The molecule has 2 fully saturated rings. The Kier molecular flexibility index (Phi) is 7.04. The first-order valence-corrected chi connectivity index (χ1v) is 10.1. The van der Waals surface area contributed by atoms with Crippen molar-refractivity contribution in [1.29, 1.82) is 0 Å². The molecule has 8 heteroatoms. The molecule has 2 aliphatic rings. The summed E-state index contributed by atoms with van der Waals surface area (Å²) in [5, 5.41) is 6.76. The Balaban J connectivity index is 1.48. The molecule has 0 amide bonds. The van der Waals surface area contributed by atoms with E-state index >= 15 is 0 Å². The van der Waals surface area contributed by atoms with Crippen LogP contribution < -0.4 is 15.5 Å². The minimum Gasteiger partial charge on any atom is -0.369 e. The highest BCUT2D eigenvalue weighted by atomic mass is 19.4. The minimum atomic E-state index is -4.12. The molecule has 0 aliphatic carbocycles. The summed E-state index contributed by atoms with van der Waals surface area (Å²) in [5.74, 6) is 0.943. The molecule has 2 unspecified atom stereocenters. The Morgan fingerprint density at radius 2 is 1.93 bits per heavy atom. The average Bonchev–Trinajstić information content (AvgIpc) is 3.29. The molecule has 2 saturated heterocycles. The number of nitrogens with zero attached hydrogens (tertiary/aromatic N) is 3. The van der Waals surface area contributed by atoms with E-state index in [1.165, 1.54) is 10.6 Å². The smallest absolute Gasteiger partial charge is 0.369 e. The first-order chi connectivity index (χ1) is 13.4. The van der Waals surface area contributed by atoms with Crippen LogP contribution in [0.1, 0.15) is 19.8 Å². The molecule has 2 atom stereocenters. The molecule has 1 aromatic carbocycles. The van der Waals surface area contributed by atoms with E-state index < -0.39 is 12.7 Å². The lowest BCUT2D eigenvalue weighted by Gasteiger charge is -2.21. The maximum atomic E-state index is 12.5. The molecular formula is C20H30F3N5. The van der Waals surface area contributed by atoms with Crippen molar-refractivity contribution in [3.05, 3.63) is 30.3 Å². The van der Waals surface area contributed by atoms with Gasteiger partial charge in [-0.1, -0.05) is 18.2 Å². The van der Waals surface area contributed by atoms with Crippen molar-refractivity contribution in [2.75, 3.05) is 50.7 Å². The normalized spacial score (nSPS) is 24.0. The number of likely N-dealkylation sites (tertiary alicyclic amines) is 1. The van der Waals surface area contributed by atoms with Crippen molar-refractivity contribution in [2.24, 2.45) is 10.9 Å². The standard InChI is InChI=1S/C20H30F3N5/c1-2-24-19(25-12-16-8-10-27(13-16)15-20(21,22)23)26-17-9-11-28(14-17)18-6-4-3-5-7-18/h3-7,16-17H,2,8-15H2,1H3,(H2,24,25,26). The highest BCUT2D eigenvalue weighted by Crippen LogP contribution is 2.23. The van der Waals surface area contributed by atoms with Crippen molar-refractivity contribution in [3.8, 4) is 0 Å². The summed E-state index contributed by atoms with van der Waals surface area (Å²) in [5.41, 5.74) is 1.23. The highest BCUT2D eigenvalue weighted by Gasteiger charge is 2.34. The van der Waals surface area contributed by atoms with E-state index in [1.54, 1.807) is 0 Å². The monoisotopic (exact) mass is 397 g/mol. The molecule has 0 radical (unpaired) electrons. The second-order valence-electron chi connectivity index (χ2n) is 7.64. The molecule has 2 heterocycles. The number of rotatable bonds is 6. The van der Waals surface area contributed by atoms with Gasteiger partial charge in [-0.25, -0.2) is 0 Å². The molecule has 28 heavy (non-hydrogen) atoms. The van der Waals surface area contributed by atoms with Crippen LogP contribution in [0.4, 0.5) is 18.9 Å². The third-order valence-corrected chi connectivity index (χ3v) is 5.28. The maximum Gasteiger partial charge on any atom is 0.401 e. The quantitative estimate of drug-likeness (QED) is 0.572. The van der Waals surface area contributed by atoms with Crippen LogP contribution in [0.3, 0.4) is 0 Å². The largest absolute Gasteiger partial charge is 0.401 e. The molecule has 3 rings (SSSR count). The van der Waals surface area contributed by atoms with Crippen LogP contribution >= 0.6 is 0 Å². The van der Waals surface area contributed by atoms with Crippen molar-refractivity contribution in [1.82, 2.24) is 15.5 Å². The Morgan fingerprint density at radius 1 is 1.14 bits per heavy atom. The lowest BCUT2D eigenvalue weighted by molar-refractivity contribution is -0.143. The molecular weight excluding hydrogens is 367 g/mol. The fraction of sp³-hybridized carbons (Fsp3) is 0.650. The summed E-state index contributed by atoms with van der Waals surface area (Å²) < 4.78 is 37.6. The first kappa shape index (κ1) is 20.8. The SMILES string of the molecule is CCNC(=NCC1CCN(CC(F)(F)F)C1)NC1CCN(c2ccccc2)C1. The van der Waals surface area contributed by atoms with Gasteiger partial charge in [-0.15, -0.1) is 0 Å². The minimum absolute atomic E-state index is 0.183. The second kappa shape index (κ2) is 9.49. The summed E-state index contributed by atoms with van der Waals surface area (Å²) in [4.78, 5) is 8.49. The lowest BCUT2D eigenvalue weighted by Crippen LogP contribution is -2.45. The van der Waals surface area contributed by atoms with Crippen molar-refractivity contribution >= 4 is 11.6 Å². The fourth-order valence-corrected chi connectivity index (χ4v) is 3.94. The molecule has 0 bridgehead atoms. The van der Waals surface area contributed by atoms with Crippen LogP contribution in [0.2, 0.25) is 0 Å². The molecule has 0 saturated carbocycles. The van der Waals surface area contributed by atoms with Crippen LogP contribution in [0.5, 0.6) is 0 Å². The predicted molar refractivity (Wildman–Crippen MR) is 107 cm³/mol. The molecule has 1 aromatic rings. The van der Waals surface area contributed by atoms with E-state index in [1.807, 2.05) is 25.1 Å². The summed E-state index contributed by atoms with van der Waals surface area (Å²) in [6.07, 6.45) is -2.33. The van der Waals surface area contributed by atoms with Crippen LogP contribution in [-0.4, -0.2) is 68.9 Å². The average molecular weight is 397 g/mol. The zero-order valence-electron chi connectivity index (χ0n) is 16.4. The zero-order chi connectivity index (χ0) is 20.0. The van der Waals surface area contributed by atoms with E-state index in [4.69, 9.17) is 0 Å². The van der Waals surface area contributed by atoms with Gasteiger partial charge in [0.15, 0.2) is 5.96 Å². The van der Waals surface area contributed by atoms with Gasteiger partial charge >= 0.3 is 6.18 Å². The van der Waals surface area contributed by atoms with Crippen LogP contribution in [0, 0.1) is 5.92 Å². The Bertz CT molecular complexity index is 634. The number of nitrogens with one attached hydrogen (secondary N) is 2. The van der Waals surface area contributed by atoms with E-state index in [2.05, 4.69) is 32.7 Å². The van der Waals surface area contributed by atoms with Crippen molar-refractivity contribution < 1.29 is 13.2 Å². The number of alkyl halides is 3. The molecule has 2 aliphatic heterocycles. The van der Waals surface area contributed by atoms with E-state index in [0.717, 1.165) is 38.4 Å². The maximum absolute atomic E-state index is 12.5. The number of aliphatic imine (C=N–C) groups is 1. The zero-order valence-corrected chi connectivity index (χ0v) is 16.4.